The molecule has 0 aromatic heterocycles. The lowest BCUT2D eigenvalue weighted by Gasteiger charge is -2.16. The van der Waals surface area contributed by atoms with E-state index >= 15 is 0 Å². The van der Waals surface area contributed by atoms with Gasteiger partial charge in [-0.05, 0) is 28.1 Å². The van der Waals surface area contributed by atoms with Gasteiger partial charge in [0.25, 0.3) is 0 Å². The van der Waals surface area contributed by atoms with E-state index in [1.165, 1.54) is 19.2 Å². The van der Waals surface area contributed by atoms with Gasteiger partial charge in [-0.2, -0.15) is 0 Å². The molecule has 0 fully saturated rings. The maximum Gasteiger partial charge on any atom is 0.305 e. The number of hydrogen-bond acceptors (Lipinski definition) is 3. The van der Waals surface area contributed by atoms with E-state index in [9.17, 15) is 9.18 Å². The minimum Gasteiger partial charge on any atom is -0.495 e. The number of rotatable bonds is 4. The Morgan fingerprint density at radius 3 is 2.81 bits per heavy atom. The minimum absolute atomic E-state index is 0.0688. The number of ether oxygens (including phenoxy) is 1. The monoisotopic (exact) mass is 291 g/mol. The van der Waals surface area contributed by atoms with Crippen molar-refractivity contribution in [2.75, 3.05) is 7.11 Å². The highest BCUT2D eigenvalue weighted by molar-refractivity contribution is 9.10. The third-order valence-corrected chi connectivity index (χ3v) is 2.69. The van der Waals surface area contributed by atoms with Crippen molar-refractivity contribution < 1.29 is 19.0 Å². The number of benzene rings is 1. The molecule has 1 aromatic rings. The van der Waals surface area contributed by atoms with Crippen molar-refractivity contribution in [3.05, 3.63) is 28.0 Å². The van der Waals surface area contributed by atoms with E-state index in [2.05, 4.69) is 15.9 Å². The number of aliphatic carboxylic acids is 1. The second-order valence-corrected chi connectivity index (χ2v) is 4.03. The Morgan fingerprint density at radius 2 is 2.31 bits per heavy atom. The smallest absolute Gasteiger partial charge is 0.305 e. The molecule has 3 N–H and O–H groups in total. The van der Waals surface area contributed by atoms with Gasteiger partial charge in [0.1, 0.15) is 11.6 Å². The first-order chi connectivity index (χ1) is 7.47. The van der Waals surface area contributed by atoms with Crippen molar-refractivity contribution in [1.82, 2.24) is 0 Å². The Hall–Kier alpha value is -1.14. The van der Waals surface area contributed by atoms with Crippen molar-refractivity contribution >= 4 is 21.9 Å². The summed E-state index contributed by atoms with van der Waals surface area (Å²) < 4.78 is 19.1. The summed E-state index contributed by atoms with van der Waals surface area (Å²) in [6.45, 7) is 0. The molecule has 88 valence electrons. The summed E-state index contributed by atoms with van der Waals surface area (Å²) in [4.78, 5) is 10.5. The molecule has 0 aliphatic rings. The maximum atomic E-state index is 13.5. The van der Waals surface area contributed by atoms with Crippen molar-refractivity contribution in [1.29, 1.82) is 0 Å². The molecule has 6 heteroatoms. The van der Waals surface area contributed by atoms with E-state index in [4.69, 9.17) is 15.6 Å². The topological polar surface area (TPSA) is 72.5 Å². The highest BCUT2D eigenvalue weighted by Crippen LogP contribution is 2.35. The Bertz CT molecular complexity index is 411. The van der Waals surface area contributed by atoms with Gasteiger partial charge in [-0.15, -0.1) is 0 Å². The van der Waals surface area contributed by atoms with Gasteiger partial charge in [0.2, 0.25) is 0 Å². The average Bonchev–Trinajstić information content (AvgIpc) is 2.19. The van der Waals surface area contributed by atoms with Crippen LogP contribution in [0.15, 0.2) is 16.6 Å². The van der Waals surface area contributed by atoms with Crippen LogP contribution in [0.4, 0.5) is 4.39 Å². The molecule has 0 bridgehead atoms. The lowest BCUT2D eigenvalue weighted by molar-refractivity contribution is -0.137. The van der Waals surface area contributed by atoms with Crippen molar-refractivity contribution in [2.24, 2.45) is 5.73 Å². The summed E-state index contributed by atoms with van der Waals surface area (Å²) in [6.07, 6.45) is -0.357. The Kier molecular flexibility index (Phi) is 4.26. The van der Waals surface area contributed by atoms with Crippen LogP contribution in [-0.4, -0.2) is 18.2 Å². The summed E-state index contributed by atoms with van der Waals surface area (Å²) in [7, 11) is 1.37. The zero-order chi connectivity index (χ0) is 12.3. The van der Waals surface area contributed by atoms with Crippen molar-refractivity contribution in [3.8, 4) is 5.75 Å². The van der Waals surface area contributed by atoms with Crippen LogP contribution in [0.5, 0.6) is 5.75 Å². The molecule has 1 aromatic carbocycles. The molecule has 1 unspecified atom stereocenters. The first kappa shape index (κ1) is 12.9. The van der Waals surface area contributed by atoms with Crippen LogP contribution in [0.3, 0.4) is 0 Å². The molecule has 1 rings (SSSR count). The van der Waals surface area contributed by atoms with Crippen LogP contribution >= 0.6 is 15.9 Å². The highest BCUT2D eigenvalue weighted by atomic mass is 79.9. The van der Waals surface area contributed by atoms with Crippen molar-refractivity contribution in [3.63, 3.8) is 0 Å². The predicted molar refractivity (Wildman–Crippen MR) is 59.8 cm³/mol. The van der Waals surface area contributed by atoms with E-state index in [1.54, 1.807) is 0 Å². The van der Waals surface area contributed by atoms with E-state index < -0.39 is 17.8 Å². The quantitative estimate of drug-likeness (QED) is 0.891. The molecule has 0 saturated carbocycles. The van der Waals surface area contributed by atoms with Gasteiger partial charge in [0.15, 0.2) is 0 Å². The number of carboxylic acid groups (broad SMARTS) is 1. The predicted octanol–water partition coefficient (Wildman–Crippen LogP) is 2.07. The Labute approximate surface area is 100 Å². The fourth-order valence-electron chi connectivity index (χ4n) is 1.39. The molecule has 0 amide bonds. The molecule has 0 aliphatic heterocycles. The SMILES string of the molecule is COc1c(Br)ccc(F)c1C(N)CC(=O)O. The van der Waals surface area contributed by atoms with Crippen molar-refractivity contribution in [2.45, 2.75) is 12.5 Å². The molecule has 0 saturated heterocycles. The lowest BCUT2D eigenvalue weighted by atomic mass is 10.0. The van der Waals surface area contributed by atoms with Gasteiger partial charge in [0, 0.05) is 11.6 Å². The van der Waals surface area contributed by atoms with Gasteiger partial charge in [-0.3, -0.25) is 4.79 Å². The van der Waals surface area contributed by atoms with Gasteiger partial charge in [-0.1, -0.05) is 0 Å². The van der Waals surface area contributed by atoms with Gasteiger partial charge in [0.05, 0.1) is 18.0 Å². The molecule has 0 radical (unpaired) electrons. The number of halogens is 2. The molecular weight excluding hydrogens is 281 g/mol. The molecule has 0 heterocycles. The van der Waals surface area contributed by atoms with Crippen LogP contribution in [0.1, 0.15) is 18.0 Å². The molecule has 0 spiro atoms. The largest absolute Gasteiger partial charge is 0.495 e. The minimum atomic E-state index is -1.09. The Morgan fingerprint density at radius 1 is 1.69 bits per heavy atom. The van der Waals surface area contributed by atoms with Crippen LogP contribution in [-0.2, 0) is 4.79 Å². The Balaban J connectivity index is 3.19. The van der Waals surface area contributed by atoms with Crippen LogP contribution in [0.2, 0.25) is 0 Å². The van der Waals surface area contributed by atoms with Crippen LogP contribution in [0, 0.1) is 5.82 Å². The zero-order valence-electron chi connectivity index (χ0n) is 8.54. The summed E-state index contributed by atoms with van der Waals surface area (Å²) in [5, 5.41) is 8.61. The van der Waals surface area contributed by atoms with E-state index in [0.717, 1.165) is 0 Å². The normalized spacial score (nSPS) is 12.2. The average molecular weight is 292 g/mol. The van der Waals surface area contributed by atoms with E-state index in [1.807, 2.05) is 0 Å². The molecular formula is C10H11BrFNO3. The summed E-state index contributed by atoms with van der Waals surface area (Å²) >= 11 is 3.18. The fourth-order valence-corrected chi connectivity index (χ4v) is 1.90. The number of hydrogen-bond donors (Lipinski definition) is 2. The molecule has 0 aliphatic carbocycles. The zero-order valence-corrected chi connectivity index (χ0v) is 10.1. The summed E-state index contributed by atoms with van der Waals surface area (Å²) in [6, 6.07) is 1.75. The van der Waals surface area contributed by atoms with Crippen LogP contribution < -0.4 is 10.5 Å². The summed E-state index contributed by atoms with van der Waals surface area (Å²) in [5.74, 6) is -1.43. The molecule has 1 atom stereocenters. The van der Waals surface area contributed by atoms with E-state index in [-0.39, 0.29) is 17.7 Å². The number of carbonyl (C=O) groups is 1. The first-order valence-electron chi connectivity index (χ1n) is 4.46. The van der Waals surface area contributed by atoms with Gasteiger partial charge >= 0.3 is 5.97 Å². The highest BCUT2D eigenvalue weighted by Gasteiger charge is 2.21. The second-order valence-electron chi connectivity index (χ2n) is 3.18. The number of methoxy groups -OCH3 is 1. The second kappa shape index (κ2) is 5.27. The molecule has 16 heavy (non-hydrogen) atoms. The maximum absolute atomic E-state index is 13.5. The number of nitrogens with two attached hydrogens (primary N) is 1. The standard InChI is InChI=1S/C10H11BrFNO3/c1-16-10-5(11)2-3-6(12)9(10)7(13)4-8(14)15/h2-3,7H,4,13H2,1H3,(H,14,15). The summed E-state index contributed by atoms with van der Waals surface area (Å²) in [5.41, 5.74) is 5.69. The van der Waals surface area contributed by atoms with Gasteiger partial charge in [-0.25, -0.2) is 4.39 Å². The van der Waals surface area contributed by atoms with Gasteiger partial charge < -0.3 is 15.6 Å². The molecule has 4 nitrogen and oxygen atoms in total. The lowest BCUT2D eigenvalue weighted by Crippen LogP contribution is -2.17. The van der Waals surface area contributed by atoms with Crippen LogP contribution in [0.25, 0.3) is 0 Å². The third-order valence-electron chi connectivity index (χ3n) is 2.06. The fraction of sp³-hybridized carbons (Fsp3) is 0.300. The van der Waals surface area contributed by atoms with E-state index in [0.29, 0.717) is 4.47 Å². The third kappa shape index (κ3) is 2.70. The first-order valence-corrected chi connectivity index (χ1v) is 5.26. The number of carboxylic acids is 1.